The fourth-order valence-electron chi connectivity index (χ4n) is 1.43. The van der Waals surface area contributed by atoms with Crippen LogP contribution in [0.5, 0.6) is 5.75 Å². The highest BCUT2D eigenvalue weighted by Gasteiger charge is 2.23. The molecule has 14 heavy (non-hydrogen) atoms. The lowest BCUT2D eigenvalue weighted by Crippen LogP contribution is -2.23. The lowest BCUT2D eigenvalue weighted by Gasteiger charge is -2.14. The Morgan fingerprint density at radius 3 is 2.86 bits per heavy atom. The summed E-state index contributed by atoms with van der Waals surface area (Å²) in [5, 5.41) is 9.44. The van der Waals surface area contributed by atoms with Gasteiger partial charge in [0.05, 0.1) is 11.3 Å². The highest BCUT2D eigenvalue weighted by Crippen LogP contribution is 2.26. The van der Waals surface area contributed by atoms with E-state index < -0.39 is 10.0 Å². The lowest BCUT2D eigenvalue weighted by atomic mass is 10.1. The molecule has 1 heterocycles. The van der Waals surface area contributed by atoms with E-state index in [-0.39, 0.29) is 17.3 Å². The van der Waals surface area contributed by atoms with Gasteiger partial charge in [-0.2, -0.15) is 0 Å². The number of hydrogen-bond acceptors (Lipinski definition) is 4. The van der Waals surface area contributed by atoms with Gasteiger partial charge in [-0.1, -0.05) is 12.1 Å². The third kappa shape index (κ3) is 1.33. The number of hydrogen-bond donors (Lipinski definition) is 2. The second-order valence-corrected chi connectivity index (χ2v) is 4.65. The number of phenolic OH excluding ortho intramolecular Hbond substituents is 1. The minimum absolute atomic E-state index is 0.0429. The Kier molecular flexibility index (Phi) is 1.75. The Hall–Kier alpha value is -1.56. The van der Waals surface area contributed by atoms with Gasteiger partial charge in [0.25, 0.3) is 10.0 Å². The largest absolute Gasteiger partial charge is 0.507 e. The van der Waals surface area contributed by atoms with Crippen LogP contribution in [0.25, 0.3) is 0 Å². The highest BCUT2D eigenvalue weighted by molar-refractivity contribution is 7.89. The number of nitrogens with zero attached hydrogens (tertiary/aromatic N) is 1. The molecule has 1 aromatic carbocycles. The van der Waals surface area contributed by atoms with Crippen molar-refractivity contribution in [3.05, 3.63) is 29.3 Å². The first-order valence-electron chi connectivity index (χ1n) is 3.89. The molecule has 0 saturated carbocycles. The maximum atomic E-state index is 11.2. The van der Waals surface area contributed by atoms with Gasteiger partial charge in [-0.25, -0.2) is 8.42 Å². The molecule has 0 unspecified atom stereocenters. The van der Waals surface area contributed by atoms with Gasteiger partial charge in [0.15, 0.2) is 0 Å². The summed E-state index contributed by atoms with van der Waals surface area (Å²) in [6, 6.07) is 4.62. The molecule has 1 aromatic rings. The maximum absolute atomic E-state index is 11.2. The number of fused-ring (bicyclic) bond motifs is 1. The fourth-order valence-corrected chi connectivity index (χ4v) is 2.52. The van der Waals surface area contributed by atoms with Gasteiger partial charge in [0.1, 0.15) is 11.6 Å². The van der Waals surface area contributed by atoms with Crippen molar-refractivity contribution in [1.29, 1.82) is 0 Å². The van der Waals surface area contributed by atoms with E-state index in [1.54, 1.807) is 12.1 Å². The van der Waals surface area contributed by atoms with E-state index in [1.807, 2.05) is 0 Å². The number of amidine groups is 1. The molecule has 0 bridgehead atoms. The summed E-state index contributed by atoms with van der Waals surface area (Å²) in [6.07, 6.45) is 0. The minimum Gasteiger partial charge on any atom is -0.507 e. The number of sulfonamides is 1. The number of aromatic hydroxyl groups is 1. The van der Waals surface area contributed by atoms with Gasteiger partial charge < -0.3 is 10.8 Å². The molecule has 0 radical (unpaired) electrons. The van der Waals surface area contributed by atoms with E-state index in [0.29, 0.717) is 11.1 Å². The van der Waals surface area contributed by atoms with Crippen LogP contribution in [-0.2, 0) is 15.8 Å². The van der Waals surface area contributed by atoms with Gasteiger partial charge in [0.2, 0.25) is 0 Å². The molecule has 0 spiro atoms. The van der Waals surface area contributed by atoms with E-state index in [1.165, 1.54) is 6.07 Å². The quantitative estimate of drug-likeness (QED) is 0.630. The topological polar surface area (TPSA) is 92.8 Å². The first-order chi connectivity index (χ1) is 6.49. The molecular formula is C8H8N2O3S. The van der Waals surface area contributed by atoms with Gasteiger partial charge in [-0.3, -0.25) is 0 Å². The standard InChI is InChI=1S/C8H8N2O3S/c9-8-7-5(2-1-3-6(7)11)4-14(12,13)10-8/h1-3,11H,4H2,(H2,9,10). The van der Waals surface area contributed by atoms with Crippen LogP contribution in [0.3, 0.4) is 0 Å². The van der Waals surface area contributed by atoms with Gasteiger partial charge in [-0.15, -0.1) is 4.40 Å². The van der Waals surface area contributed by atoms with E-state index in [2.05, 4.69) is 4.40 Å². The molecule has 1 aliphatic heterocycles. The lowest BCUT2D eigenvalue weighted by molar-refractivity contribution is 0.473. The summed E-state index contributed by atoms with van der Waals surface area (Å²) < 4.78 is 25.7. The van der Waals surface area contributed by atoms with Crippen molar-refractivity contribution in [2.75, 3.05) is 0 Å². The molecule has 5 nitrogen and oxygen atoms in total. The monoisotopic (exact) mass is 212 g/mol. The zero-order chi connectivity index (χ0) is 10.3. The summed E-state index contributed by atoms with van der Waals surface area (Å²) in [6.45, 7) is 0. The molecule has 0 amide bonds. The molecular weight excluding hydrogens is 204 g/mol. The SMILES string of the molecule is NC1=NS(=O)(=O)Cc2cccc(O)c21. The minimum atomic E-state index is -3.51. The van der Waals surface area contributed by atoms with Crippen LogP contribution in [0.2, 0.25) is 0 Å². The van der Waals surface area contributed by atoms with Crippen molar-refractivity contribution in [3.8, 4) is 5.75 Å². The van der Waals surface area contributed by atoms with Crippen LogP contribution in [-0.4, -0.2) is 19.4 Å². The summed E-state index contributed by atoms with van der Waals surface area (Å²) in [5.41, 5.74) is 6.24. The third-order valence-electron chi connectivity index (χ3n) is 1.96. The van der Waals surface area contributed by atoms with Crippen LogP contribution >= 0.6 is 0 Å². The van der Waals surface area contributed by atoms with Crippen molar-refractivity contribution < 1.29 is 13.5 Å². The highest BCUT2D eigenvalue weighted by atomic mass is 32.2. The average molecular weight is 212 g/mol. The molecule has 0 aromatic heterocycles. The maximum Gasteiger partial charge on any atom is 0.259 e. The van der Waals surface area contributed by atoms with Gasteiger partial charge in [0, 0.05) is 0 Å². The first-order valence-corrected chi connectivity index (χ1v) is 5.50. The molecule has 1 aliphatic rings. The van der Waals surface area contributed by atoms with E-state index >= 15 is 0 Å². The zero-order valence-electron chi connectivity index (χ0n) is 7.14. The zero-order valence-corrected chi connectivity index (χ0v) is 7.95. The Morgan fingerprint density at radius 1 is 1.43 bits per heavy atom. The summed E-state index contributed by atoms with van der Waals surface area (Å²) in [5.74, 6) is -0.403. The van der Waals surface area contributed by atoms with Crippen LogP contribution in [0.4, 0.5) is 0 Å². The van der Waals surface area contributed by atoms with Crippen LogP contribution in [0, 0.1) is 0 Å². The molecule has 0 atom stereocenters. The Balaban J connectivity index is 2.74. The predicted molar refractivity (Wildman–Crippen MR) is 51.5 cm³/mol. The Labute approximate surface area is 80.9 Å². The number of benzene rings is 1. The van der Waals surface area contributed by atoms with Crippen molar-refractivity contribution in [2.45, 2.75) is 5.75 Å². The van der Waals surface area contributed by atoms with E-state index in [0.717, 1.165) is 0 Å². The Morgan fingerprint density at radius 2 is 2.14 bits per heavy atom. The van der Waals surface area contributed by atoms with Crippen LogP contribution < -0.4 is 5.73 Å². The molecule has 74 valence electrons. The second kappa shape index (κ2) is 2.71. The van der Waals surface area contributed by atoms with Crippen molar-refractivity contribution in [3.63, 3.8) is 0 Å². The fraction of sp³-hybridized carbons (Fsp3) is 0.125. The molecule has 0 fully saturated rings. The molecule has 0 aliphatic carbocycles. The number of nitrogens with two attached hydrogens (primary N) is 1. The van der Waals surface area contributed by atoms with Crippen LogP contribution in [0.15, 0.2) is 22.6 Å². The first kappa shape index (κ1) is 9.01. The smallest absolute Gasteiger partial charge is 0.259 e. The normalized spacial score (nSPS) is 18.4. The van der Waals surface area contributed by atoms with Crippen molar-refractivity contribution in [2.24, 2.45) is 10.1 Å². The molecule has 2 rings (SSSR count). The third-order valence-corrected chi connectivity index (χ3v) is 3.11. The molecule has 0 saturated heterocycles. The Bertz CT molecular complexity index is 519. The van der Waals surface area contributed by atoms with Gasteiger partial charge in [-0.05, 0) is 11.6 Å². The van der Waals surface area contributed by atoms with E-state index in [4.69, 9.17) is 5.73 Å². The van der Waals surface area contributed by atoms with Gasteiger partial charge >= 0.3 is 0 Å². The summed E-state index contributed by atoms with van der Waals surface area (Å²) >= 11 is 0. The predicted octanol–water partition coefficient (Wildman–Crippen LogP) is -0.0591. The summed E-state index contributed by atoms with van der Waals surface area (Å²) in [4.78, 5) is 0. The van der Waals surface area contributed by atoms with Crippen molar-refractivity contribution >= 4 is 15.9 Å². The number of phenols is 1. The molecule has 6 heteroatoms. The molecule has 3 N–H and O–H groups in total. The number of rotatable bonds is 0. The van der Waals surface area contributed by atoms with Crippen molar-refractivity contribution in [1.82, 2.24) is 0 Å². The average Bonchev–Trinajstić information content (AvgIpc) is 2.00. The van der Waals surface area contributed by atoms with E-state index in [9.17, 15) is 13.5 Å². The summed E-state index contributed by atoms with van der Waals surface area (Å²) in [7, 11) is -3.51. The van der Waals surface area contributed by atoms with Crippen LogP contribution in [0.1, 0.15) is 11.1 Å². The second-order valence-electron chi connectivity index (χ2n) is 3.01.